The van der Waals surface area contributed by atoms with Crippen LogP contribution < -0.4 is 5.73 Å². The van der Waals surface area contributed by atoms with Crippen molar-refractivity contribution < 1.29 is 4.74 Å². The molecule has 0 aromatic heterocycles. The van der Waals surface area contributed by atoms with E-state index < -0.39 is 0 Å². The van der Waals surface area contributed by atoms with E-state index in [0.29, 0.717) is 6.54 Å². The van der Waals surface area contributed by atoms with Crippen molar-refractivity contribution in [3.05, 3.63) is 29.5 Å². The third kappa shape index (κ3) is 1.36. The maximum atomic E-state index is 5.45. The molecule has 0 aromatic rings. The van der Waals surface area contributed by atoms with Crippen molar-refractivity contribution in [3.63, 3.8) is 0 Å². The number of rotatable bonds is 2. The van der Waals surface area contributed by atoms with Gasteiger partial charge in [-0.25, -0.2) is 0 Å². The summed E-state index contributed by atoms with van der Waals surface area (Å²) in [6.07, 6.45) is 5.68. The maximum Gasteiger partial charge on any atom is 0.105 e. The van der Waals surface area contributed by atoms with E-state index in [2.05, 4.69) is 5.73 Å². The zero-order valence-corrected chi connectivity index (χ0v) is 6.00. The van der Waals surface area contributed by atoms with Crippen LogP contribution in [0, 0.1) is 0 Å². The van der Waals surface area contributed by atoms with Crippen LogP contribution >= 0.6 is 0 Å². The first-order valence-electron chi connectivity index (χ1n) is 3.23. The lowest BCUT2D eigenvalue weighted by Crippen LogP contribution is -2.18. The largest absolute Gasteiger partial charge is 0.372 e. The SMILES string of the molecule is COC1C=C=CC=C1CN. The molecular weight excluding hydrogens is 126 g/mol. The van der Waals surface area contributed by atoms with E-state index in [1.54, 1.807) is 7.11 Å². The van der Waals surface area contributed by atoms with E-state index in [9.17, 15) is 0 Å². The first-order valence-corrected chi connectivity index (χ1v) is 3.23. The summed E-state index contributed by atoms with van der Waals surface area (Å²) in [5.41, 5.74) is 9.49. The lowest BCUT2D eigenvalue weighted by atomic mass is 10.1. The highest BCUT2D eigenvalue weighted by molar-refractivity contribution is 5.26. The van der Waals surface area contributed by atoms with Crippen LogP contribution in [0.5, 0.6) is 0 Å². The van der Waals surface area contributed by atoms with Gasteiger partial charge in [0.25, 0.3) is 0 Å². The van der Waals surface area contributed by atoms with Crippen molar-refractivity contribution in [2.24, 2.45) is 5.73 Å². The minimum atomic E-state index is 0.0370. The average Bonchev–Trinajstić information content (AvgIpc) is 2.04. The Morgan fingerprint density at radius 3 is 3.10 bits per heavy atom. The normalized spacial score (nSPS) is 23.0. The Morgan fingerprint density at radius 2 is 2.60 bits per heavy atom. The topological polar surface area (TPSA) is 35.2 Å². The second-order valence-corrected chi connectivity index (χ2v) is 2.10. The molecule has 0 fully saturated rings. The van der Waals surface area contributed by atoms with Gasteiger partial charge in [0.05, 0.1) is 0 Å². The van der Waals surface area contributed by atoms with Crippen LogP contribution in [0.15, 0.2) is 29.5 Å². The fraction of sp³-hybridized carbons (Fsp3) is 0.375. The minimum absolute atomic E-state index is 0.0370. The predicted octanol–water partition coefficient (Wildman–Crippen LogP) is 0.611. The van der Waals surface area contributed by atoms with Gasteiger partial charge in [-0.1, -0.05) is 6.08 Å². The number of hydrogen-bond acceptors (Lipinski definition) is 2. The van der Waals surface area contributed by atoms with Crippen LogP contribution in [-0.4, -0.2) is 19.8 Å². The van der Waals surface area contributed by atoms with Gasteiger partial charge >= 0.3 is 0 Å². The third-order valence-corrected chi connectivity index (χ3v) is 1.50. The second kappa shape index (κ2) is 3.37. The molecule has 2 heteroatoms. The lowest BCUT2D eigenvalue weighted by Gasteiger charge is -2.13. The number of ether oxygens (including phenoxy) is 1. The Kier molecular flexibility index (Phi) is 2.46. The van der Waals surface area contributed by atoms with Crippen LogP contribution in [0.25, 0.3) is 0 Å². The summed E-state index contributed by atoms with van der Waals surface area (Å²) in [6.45, 7) is 0.549. The Hall–Kier alpha value is -0.820. The molecule has 0 amide bonds. The van der Waals surface area contributed by atoms with Crippen molar-refractivity contribution in [1.29, 1.82) is 0 Å². The molecule has 1 aliphatic carbocycles. The summed E-state index contributed by atoms with van der Waals surface area (Å²) in [4.78, 5) is 0. The fourth-order valence-electron chi connectivity index (χ4n) is 0.904. The molecule has 1 aliphatic rings. The molecule has 2 nitrogen and oxygen atoms in total. The van der Waals surface area contributed by atoms with Crippen LogP contribution in [0.4, 0.5) is 0 Å². The first-order chi connectivity index (χ1) is 4.88. The summed E-state index contributed by atoms with van der Waals surface area (Å²) in [6, 6.07) is 0. The average molecular weight is 137 g/mol. The zero-order valence-electron chi connectivity index (χ0n) is 6.00. The minimum Gasteiger partial charge on any atom is -0.372 e. The van der Waals surface area contributed by atoms with Crippen molar-refractivity contribution >= 4 is 0 Å². The van der Waals surface area contributed by atoms with Crippen LogP contribution in [-0.2, 0) is 4.74 Å². The molecule has 2 N–H and O–H groups in total. The van der Waals surface area contributed by atoms with Crippen LogP contribution in [0.2, 0.25) is 0 Å². The molecule has 0 radical (unpaired) electrons. The van der Waals surface area contributed by atoms with E-state index in [4.69, 9.17) is 10.5 Å². The monoisotopic (exact) mass is 137 g/mol. The molecule has 0 saturated carbocycles. The van der Waals surface area contributed by atoms with Crippen LogP contribution in [0.1, 0.15) is 0 Å². The lowest BCUT2D eigenvalue weighted by molar-refractivity contribution is 0.167. The molecule has 0 heterocycles. The van der Waals surface area contributed by atoms with E-state index >= 15 is 0 Å². The zero-order chi connectivity index (χ0) is 7.40. The molecule has 0 aliphatic heterocycles. The Bertz CT molecular complexity index is 199. The molecular formula is C8H11NO. The van der Waals surface area contributed by atoms with E-state index in [1.165, 1.54) is 0 Å². The highest BCUT2D eigenvalue weighted by atomic mass is 16.5. The molecule has 0 aromatic carbocycles. The van der Waals surface area contributed by atoms with Crippen molar-refractivity contribution in [2.45, 2.75) is 6.10 Å². The molecule has 10 heavy (non-hydrogen) atoms. The van der Waals surface area contributed by atoms with Gasteiger partial charge in [-0.05, 0) is 17.7 Å². The number of allylic oxidation sites excluding steroid dienone is 1. The van der Waals surface area contributed by atoms with Gasteiger partial charge in [-0.15, -0.1) is 5.73 Å². The molecule has 1 atom stereocenters. The third-order valence-electron chi connectivity index (χ3n) is 1.50. The van der Waals surface area contributed by atoms with Gasteiger partial charge in [0.15, 0.2) is 0 Å². The molecule has 0 bridgehead atoms. The number of methoxy groups -OCH3 is 1. The number of hydrogen-bond donors (Lipinski definition) is 1. The van der Waals surface area contributed by atoms with E-state index in [0.717, 1.165) is 5.57 Å². The van der Waals surface area contributed by atoms with Crippen molar-refractivity contribution in [2.75, 3.05) is 13.7 Å². The summed E-state index contributed by atoms with van der Waals surface area (Å²) >= 11 is 0. The Balaban J connectivity index is 2.73. The molecule has 0 saturated heterocycles. The smallest absolute Gasteiger partial charge is 0.105 e. The summed E-state index contributed by atoms with van der Waals surface area (Å²) in [5.74, 6) is 0. The molecule has 0 spiro atoms. The van der Waals surface area contributed by atoms with Gasteiger partial charge in [0.2, 0.25) is 0 Å². The van der Waals surface area contributed by atoms with Gasteiger partial charge in [-0.2, -0.15) is 0 Å². The summed E-state index contributed by atoms with van der Waals surface area (Å²) < 4.78 is 5.11. The van der Waals surface area contributed by atoms with Gasteiger partial charge < -0.3 is 10.5 Å². The standard InChI is InChI=1S/C8H11NO/c1-10-8-5-3-2-4-7(8)6-9/h2,4-5,8H,6,9H2,1H3. The van der Waals surface area contributed by atoms with Gasteiger partial charge in [0, 0.05) is 13.7 Å². The first kappa shape index (κ1) is 7.29. The van der Waals surface area contributed by atoms with Crippen molar-refractivity contribution in [1.82, 2.24) is 0 Å². The fourth-order valence-corrected chi connectivity index (χ4v) is 0.904. The molecule has 54 valence electrons. The van der Waals surface area contributed by atoms with Crippen molar-refractivity contribution in [3.8, 4) is 0 Å². The van der Waals surface area contributed by atoms with E-state index in [1.807, 2.05) is 18.2 Å². The van der Waals surface area contributed by atoms with Crippen LogP contribution in [0.3, 0.4) is 0 Å². The Labute approximate surface area is 60.7 Å². The summed E-state index contributed by atoms with van der Waals surface area (Å²) in [5, 5.41) is 0. The number of nitrogens with two attached hydrogens (primary N) is 1. The molecule has 1 rings (SSSR count). The summed E-state index contributed by atoms with van der Waals surface area (Å²) in [7, 11) is 1.66. The Morgan fingerprint density at radius 1 is 1.80 bits per heavy atom. The van der Waals surface area contributed by atoms with Gasteiger partial charge in [0.1, 0.15) is 6.10 Å². The van der Waals surface area contributed by atoms with Gasteiger partial charge in [-0.3, -0.25) is 0 Å². The maximum absolute atomic E-state index is 5.45. The molecule has 1 unspecified atom stereocenters. The predicted molar refractivity (Wildman–Crippen MR) is 40.6 cm³/mol. The quantitative estimate of drug-likeness (QED) is 0.566. The van der Waals surface area contributed by atoms with E-state index in [-0.39, 0.29) is 6.10 Å². The second-order valence-electron chi connectivity index (χ2n) is 2.10. The highest BCUT2D eigenvalue weighted by Gasteiger charge is 2.08. The highest BCUT2D eigenvalue weighted by Crippen LogP contribution is 2.08.